The van der Waals surface area contributed by atoms with Crippen LogP contribution in [0.5, 0.6) is 11.5 Å². The molecule has 2 N–H and O–H groups in total. The maximum atomic E-state index is 9.84. The minimum Gasteiger partial charge on any atom is -0.503 e. The lowest BCUT2D eigenvalue weighted by molar-refractivity contribution is 0.317. The molecule has 0 aliphatic carbocycles. The van der Waals surface area contributed by atoms with Gasteiger partial charge in [-0.25, -0.2) is 0 Å². The normalized spacial score (nSPS) is 10.8. The third-order valence-electron chi connectivity index (χ3n) is 2.58. The van der Waals surface area contributed by atoms with Crippen molar-refractivity contribution in [2.24, 2.45) is 5.10 Å². The zero-order valence-electron chi connectivity index (χ0n) is 11.3. The Labute approximate surface area is 136 Å². The molecule has 0 atom stereocenters. The average molecular weight is 370 g/mol. The summed E-state index contributed by atoms with van der Waals surface area (Å²) in [5, 5.41) is 14.6. The zero-order chi connectivity index (χ0) is 15.2. The number of phenols is 1. The van der Waals surface area contributed by atoms with Gasteiger partial charge in [-0.2, -0.15) is 5.10 Å². The van der Waals surface area contributed by atoms with E-state index in [2.05, 4.69) is 26.5 Å². The summed E-state index contributed by atoms with van der Waals surface area (Å²) in [5.41, 5.74) is 4.47. The van der Waals surface area contributed by atoms with Crippen molar-refractivity contribution in [3.05, 3.63) is 51.5 Å². The lowest BCUT2D eigenvalue weighted by atomic mass is 10.2. The maximum Gasteiger partial charge on any atom is 0.172 e. The van der Waals surface area contributed by atoms with Crippen LogP contribution in [0.3, 0.4) is 0 Å². The van der Waals surface area contributed by atoms with Crippen molar-refractivity contribution in [2.45, 2.75) is 6.92 Å². The SMILES string of the molecule is CCOc1cc(C=NNc2cccc(Cl)c2)cc(Br)c1O. The Bertz CT molecular complexity index is 662. The molecule has 0 bridgehead atoms. The molecule has 0 saturated heterocycles. The molecule has 0 aromatic heterocycles. The van der Waals surface area contributed by atoms with E-state index in [0.717, 1.165) is 11.3 Å². The van der Waals surface area contributed by atoms with Crippen LogP contribution in [-0.4, -0.2) is 17.9 Å². The zero-order valence-corrected chi connectivity index (χ0v) is 13.6. The fourth-order valence-electron chi connectivity index (χ4n) is 1.67. The van der Waals surface area contributed by atoms with E-state index in [1.54, 1.807) is 30.5 Å². The van der Waals surface area contributed by atoms with Crippen LogP contribution < -0.4 is 10.2 Å². The molecule has 0 spiro atoms. The van der Waals surface area contributed by atoms with E-state index in [1.807, 2.05) is 19.1 Å². The van der Waals surface area contributed by atoms with Gasteiger partial charge in [-0.05, 0) is 58.7 Å². The van der Waals surface area contributed by atoms with Gasteiger partial charge in [0.1, 0.15) is 0 Å². The minimum atomic E-state index is 0.0804. The Morgan fingerprint density at radius 3 is 2.90 bits per heavy atom. The highest BCUT2D eigenvalue weighted by Crippen LogP contribution is 2.35. The molecule has 0 heterocycles. The second kappa shape index (κ2) is 7.33. The molecule has 2 aromatic rings. The number of phenolic OH excluding ortho intramolecular Hbond substituents is 1. The van der Waals surface area contributed by atoms with Crippen molar-refractivity contribution in [1.29, 1.82) is 0 Å². The summed E-state index contributed by atoms with van der Waals surface area (Å²) in [6, 6.07) is 10.7. The van der Waals surface area contributed by atoms with Gasteiger partial charge in [-0.1, -0.05) is 17.7 Å². The summed E-state index contributed by atoms with van der Waals surface area (Å²) in [6.07, 6.45) is 1.63. The molecule has 0 radical (unpaired) electrons. The van der Waals surface area contributed by atoms with Gasteiger partial charge in [0, 0.05) is 5.02 Å². The topological polar surface area (TPSA) is 53.8 Å². The predicted octanol–water partition coefficient (Wildman–Crippen LogP) is 4.65. The van der Waals surface area contributed by atoms with Crippen molar-refractivity contribution in [2.75, 3.05) is 12.0 Å². The molecular weight excluding hydrogens is 356 g/mol. The van der Waals surface area contributed by atoms with Gasteiger partial charge in [0.25, 0.3) is 0 Å². The lowest BCUT2D eigenvalue weighted by Gasteiger charge is -2.08. The second-order valence-electron chi connectivity index (χ2n) is 4.16. The van der Waals surface area contributed by atoms with Crippen molar-refractivity contribution in [3.63, 3.8) is 0 Å². The Morgan fingerprint density at radius 2 is 2.19 bits per heavy atom. The summed E-state index contributed by atoms with van der Waals surface area (Å²) in [6.45, 7) is 2.33. The van der Waals surface area contributed by atoms with Crippen LogP contribution in [0.2, 0.25) is 5.02 Å². The van der Waals surface area contributed by atoms with E-state index in [4.69, 9.17) is 16.3 Å². The molecule has 0 aliphatic heterocycles. The standard InChI is InChI=1S/C15H14BrClN2O2/c1-2-21-14-7-10(6-13(16)15(14)20)9-18-19-12-5-3-4-11(17)8-12/h3-9,19-20H,2H2,1H3. The third-order valence-corrected chi connectivity index (χ3v) is 3.42. The van der Waals surface area contributed by atoms with Crippen LogP contribution in [0.15, 0.2) is 46.0 Å². The summed E-state index contributed by atoms with van der Waals surface area (Å²) in [4.78, 5) is 0. The number of anilines is 1. The smallest absolute Gasteiger partial charge is 0.172 e. The Hall–Kier alpha value is -1.72. The molecule has 0 fully saturated rings. The summed E-state index contributed by atoms with van der Waals surface area (Å²) >= 11 is 9.18. The monoisotopic (exact) mass is 368 g/mol. The number of benzene rings is 2. The summed E-state index contributed by atoms with van der Waals surface area (Å²) in [7, 11) is 0. The van der Waals surface area contributed by atoms with Gasteiger partial charge in [-0.15, -0.1) is 0 Å². The summed E-state index contributed by atoms with van der Waals surface area (Å²) in [5.74, 6) is 0.493. The molecule has 0 saturated carbocycles. The molecule has 6 heteroatoms. The largest absolute Gasteiger partial charge is 0.503 e. The van der Waals surface area contributed by atoms with Gasteiger partial charge in [0.2, 0.25) is 0 Å². The molecule has 4 nitrogen and oxygen atoms in total. The van der Waals surface area contributed by atoms with Crippen LogP contribution >= 0.6 is 27.5 Å². The van der Waals surface area contributed by atoms with Crippen molar-refractivity contribution in [3.8, 4) is 11.5 Å². The molecule has 0 unspecified atom stereocenters. The number of hydrazone groups is 1. The van der Waals surface area contributed by atoms with Gasteiger partial charge in [-0.3, -0.25) is 5.43 Å². The second-order valence-corrected chi connectivity index (χ2v) is 5.45. The maximum absolute atomic E-state index is 9.84. The number of ether oxygens (including phenoxy) is 1. The van der Waals surface area contributed by atoms with E-state index < -0.39 is 0 Å². The summed E-state index contributed by atoms with van der Waals surface area (Å²) < 4.78 is 5.91. The van der Waals surface area contributed by atoms with Crippen molar-refractivity contribution < 1.29 is 9.84 Å². The molecule has 0 amide bonds. The highest BCUT2D eigenvalue weighted by molar-refractivity contribution is 9.10. The first-order chi connectivity index (χ1) is 10.1. The van der Waals surface area contributed by atoms with Crippen LogP contribution in [-0.2, 0) is 0 Å². The minimum absolute atomic E-state index is 0.0804. The number of nitrogens with zero attached hydrogens (tertiary/aromatic N) is 1. The Morgan fingerprint density at radius 1 is 1.38 bits per heavy atom. The van der Waals surface area contributed by atoms with Gasteiger partial charge in [0.05, 0.1) is 23.0 Å². The Kier molecular flexibility index (Phi) is 5.47. The van der Waals surface area contributed by atoms with E-state index in [0.29, 0.717) is 21.9 Å². The van der Waals surface area contributed by atoms with E-state index in [9.17, 15) is 5.11 Å². The number of hydrogen-bond donors (Lipinski definition) is 2. The third kappa shape index (κ3) is 4.37. The molecule has 21 heavy (non-hydrogen) atoms. The van der Waals surface area contributed by atoms with E-state index >= 15 is 0 Å². The quantitative estimate of drug-likeness (QED) is 0.595. The number of aromatic hydroxyl groups is 1. The highest BCUT2D eigenvalue weighted by Gasteiger charge is 2.08. The fraction of sp³-hybridized carbons (Fsp3) is 0.133. The molecule has 110 valence electrons. The molecule has 2 rings (SSSR count). The number of hydrogen-bond acceptors (Lipinski definition) is 4. The lowest BCUT2D eigenvalue weighted by Crippen LogP contribution is -1.95. The Balaban J connectivity index is 2.13. The number of rotatable bonds is 5. The number of halogens is 2. The van der Waals surface area contributed by atoms with Gasteiger partial charge >= 0.3 is 0 Å². The average Bonchev–Trinajstić information content (AvgIpc) is 2.44. The molecular formula is C15H14BrClN2O2. The van der Waals surface area contributed by atoms with Gasteiger partial charge in [0.15, 0.2) is 11.5 Å². The van der Waals surface area contributed by atoms with Crippen molar-refractivity contribution >= 4 is 39.4 Å². The van der Waals surface area contributed by atoms with Crippen LogP contribution in [0.25, 0.3) is 0 Å². The van der Waals surface area contributed by atoms with Crippen LogP contribution in [0, 0.1) is 0 Å². The first kappa shape index (κ1) is 15.7. The first-order valence-electron chi connectivity index (χ1n) is 6.30. The van der Waals surface area contributed by atoms with E-state index in [-0.39, 0.29) is 5.75 Å². The van der Waals surface area contributed by atoms with Crippen LogP contribution in [0.1, 0.15) is 12.5 Å². The van der Waals surface area contributed by atoms with E-state index in [1.165, 1.54) is 0 Å². The predicted molar refractivity (Wildman–Crippen MR) is 89.6 cm³/mol. The highest BCUT2D eigenvalue weighted by atomic mass is 79.9. The molecule has 2 aromatic carbocycles. The van der Waals surface area contributed by atoms with Crippen LogP contribution in [0.4, 0.5) is 5.69 Å². The van der Waals surface area contributed by atoms with Crippen molar-refractivity contribution in [1.82, 2.24) is 0 Å². The first-order valence-corrected chi connectivity index (χ1v) is 7.47. The molecule has 0 aliphatic rings. The fourth-order valence-corrected chi connectivity index (χ4v) is 2.32. The number of nitrogens with one attached hydrogen (secondary N) is 1. The van der Waals surface area contributed by atoms with Gasteiger partial charge < -0.3 is 9.84 Å².